The number of halogens is 3. The van der Waals surface area contributed by atoms with E-state index in [1.165, 1.54) is 22.3 Å². The highest BCUT2D eigenvalue weighted by atomic mass is 35.5. The molecule has 0 amide bonds. The fourth-order valence-corrected chi connectivity index (χ4v) is 3.86. The SMILES string of the molecule is CNC1CCC(c2ccc(Cl)c(Cl)c2)c2ccc(CS)cc21.Cl. The van der Waals surface area contributed by atoms with E-state index in [9.17, 15) is 0 Å². The average molecular weight is 389 g/mol. The normalized spacial score (nSPS) is 19.8. The Labute approximate surface area is 159 Å². The zero-order valence-electron chi connectivity index (χ0n) is 12.9. The molecule has 0 spiro atoms. The maximum atomic E-state index is 6.21. The lowest BCUT2D eigenvalue weighted by atomic mass is 9.76. The Morgan fingerprint density at radius 1 is 1.04 bits per heavy atom. The molecule has 1 aliphatic rings. The molecule has 2 aromatic rings. The van der Waals surface area contributed by atoms with Crippen molar-refractivity contribution < 1.29 is 0 Å². The third kappa shape index (κ3) is 3.83. The van der Waals surface area contributed by atoms with Crippen LogP contribution in [0.5, 0.6) is 0 Å². The fraction of sp³-hybridized carbons (Fsp3) is 0.333. The van der Waals surface area contributed by atoms with E-state index < -0.39 is 0 Å². The molecular formula is C18H20Cl3NS. The van der Waals surface area contributed by atoms with Crippen LogP contribution < -0.4 is 5.32 Å². The van der Waals surface area contributed by atoms with Gasteiger partial charge in [0.25, 0.3) is 0 Å². The molecule has 0 aromatic heterocycles. The van der Waals surface area contributed by atoms with Gasteiger partial charge in [-0.3, -0.25) is 0 Å². The first-order valence-electron chi connectivity index (χ1n) is 7.50. The largest absolute Gasteiger partial charge is 0.313 e. The second-order valence-electron chi connectivity index (χ2n) is 5.77. The van der Waals surface area contributed by atoms with Crippen LogP contribution in [0.4, 0.5) is 0 Å². The predicted octanol–water partition coefficient (Wildman–Crippen LogP) is 6.03. The Morgan fingerprint density at radius 2 is 1.83 bits per heavy atom. The van der Waals surface area contributed by atoms with Crippen LogP contribution in [0.3, 0.4) is 0 Å². The molecule has 0 saturated heterocycles. The van der Waals surface area contributed by atoms with Crippen LogP contribution in [-0.2, 0) is 5.75 Å². The van der Waals surface area contributed by atoms with Crippen LogP contribution in [-0.4, -0.2) is 7.05 Å². The summed E-state index contributed by atoms with van der Waals surface area (Å²) in [4.78, 5) is 0. The van der Waals surface area contributed by atoms with Crippen molar-refractivity contribution >= 4 is 48.2 Å². The molecule has 0 radical (unpaired) electrons. The molecule has 0 heterocycles. The predicted molar refractivity (Wildman–Crippen MR) is 106 cm³/mol. The minimum Gasteiger partial charge on any atom is -0.313 e. The first-order chi connectivity index (χ1) is 10.6. The number of thiol groups is 1. The first kappa shape index (κ1) is 19.0. The van der Waals surface area contributed by atoms with Crippen molar-refractivity contribution in [2.24, 2.45) is 0 Å². The van der Waals surface area contributed by atoms with Gasteiger partial charge >= 0.3 is 0 Å². The van der Waals surface area contributed by atoms with E-state index in [2.05, 4.69) is 42.2 Å². The molecule has 5 heteroatoms. The summed E-state index contributed by atoms with van der Waals surface area (Å²) < 4.78 is 0. The van der Waals surface area contributed by atoms with Crippen molar-refractivity contribution in [1.82, 2.24) is 5.32 Å². The number of nitrogens with one attached hydrogen (secondary N) is 1. The number of rotatable bonds is 3. The smallest absolute Gasteiger partial charge is 0.0595 e. The Hall–Kier alpha value is -0.380. The van der Waals surface area contributed by atoms with Gasteiger partial charge in [0.1, 0.15) is 0 Å². The molecule has 23 heavy (non-hydrogen) atoms. The Kier molecular flexibility index (Phi) is 6.70. The lowest BCUT2D eigenvalue weighted by molar-refractivity contribution is 0.470. The zero-order valence-corrected chi connectivity index (χ0v) is 16.1. The average Bonchev–Trinajstić information content (AvgIpc) is 2.55. The van der Waals surface area contributed by atoms with E-state index in [0.717, 1.165) is 18.6 Å². The summed E-state index contributed by atoms with van der Waals surface area (Å²) in [5.74, 6) is 1.14. The van der Waals surface area contributed by atoms with Crippen molar-refractivity contribution in [2.75, 3.05) is 7.05 Å². The third-order valence-corrected chi connectivity index (χ3v) is 5.63. The molecule has 1 aliphatic carbocycles. The summed E-state index contributed by atoms with van der Waals surface area (Å²) in [6.45, 7) is 0. The van der Waals surface area contributed by atoms with E-state index >= 15 is 0 Å². The minimum absolute atomic E-state index is 0. The van der Waals surface area contributed by atoms with Crippen LogP contribution >= 0.6 is 48.2 Å². The number of benzene rings is 2. The van der Waals surface area contributed by atoms with Gasteiger partial charge in [0.15, 0.2) is 0 Å². The number of hydrogen-bond donors (Lipinski definition) is 2. The van der Waals surface area contributed by atoms with Crippen molar-refractivity contribution in [3.05, 3.63) is 68.7 Å². The summed E-state index contributed by atoms with van der Waals surface area (Å²) in [6, 6.07) is 13.1. The zero-order chi connectivity index (χ0) is 15.7. The summed E-state index contributed by atoms with van der Waals surface area (Å²) in [5, 5.41) is 4.67. The number of hydrogen-bond acceptors (Lipinski definition) is 2. The third-order valence-electron chi connectivity index (χ3n) is 4.52. The quantitative estimate of drug-likeness (QED) is 0.612. The maximum absolute atomic E-state index is 6.21. The van der Waals surface area contributed by atoms with E-state index in [1.807, 2.05) is 19.2 Å². The molecule has 0 bridgehead atoms. The topological polar surface area (TPSA) is 12.0 Å². The number of fused-ring (bicyclic) bond motifs is 1. The maximum Gasteiger partial charge on any atom is 0.0595 e. The van der Waals surface area contributed by atoms with Gasteiger partial charge in [-0.2, -0.15) is 12.6 Å². The molecule has 2 aromatic carbocycles. The van der Waals surface area contributed by atoms with Crippen LogP contribution in [0.1, 0.15) is 47.1 Å². The van der Waals surface area contributed by atoms with Gasteiger partial charge in [0, 0.05) is 17.7 Å². The highest BCUT2D eigenvalue weighted by Gasteiger charge is 2.27. The first-order valence-corrected chi connectivity index (χ1v) is 8.88. The second kappa shape index (κ2) is 8.13. The summed E-state index contributed by atoms with van der Waals surface area (Å²) in [6.07, 6.45) is 2.22. The second-order valence-corrected chi connectivity index (χ2v) is 6.90. The summed E-state index contributed by atoms with van der Waals surface area (Å²) >= 11 is 16.7. The standard InChI is InChI=1S/C18H19Cl2NS.ClH/c1-21-18-7-5-13(12-3-6-16(19)17(20)9-12)14-4-2-11(10-22)8-15(14)18;/h2-4,6,8-9,13,18,21-22H,5,7,10H2,1H3;1H. The van der Waals surface area contributed by atoms with Gasteiger partial charge in [-0.25, -0.2) is 0 Å². The summed E-state index contributed by atoms with van der Waals surface area (Å²) in [7, 11) is 2.03. The monoisotopic (exact) mass is 387 g/mol. The lowest BCUT2D eigenvalue weighted by Crippen LogP contribution is -2.24. The van der Waals surface area contributed by atoms with Gasteiger partial charge in [0.05, 0.1) is 10.0 Å². The Balaban J connectivity index is 0.00000192. The molecule has 0 aliphatic heterocycles. The molecule has 1 N–H and O–H groups in total. The van der Waals surface area contributed by atoms with Gasteiger partial charge < -0.3 is 5.32 Å². The van der Waals surface area contributed by atoms with Gasteiger partial charge in [-0.15, -0.1) is 12.4 Å². The van der Waals surface area contributed by atoms with E-state index in [0.29, 0.717) is 22.0 Å². The van der Waals surface area contributed by atoms with Crippen molar-refractivity contribution in [2.45, 2.75) is 30.6 Å². The molecule has 0 saturated carbocycles. The minimum atomic E-state index is 0. The van der Waals surface area contributed by atoms with Crippen molar-refractivity contribution in [3.63, 3.8) is 0 Å². The highest BCUT2D eigenvalue weighted by molar-refractivity contribution is 7.79. The van der Waals surface area contributed by atoms with Gasteiger partial charge in [-0.05, 0) is 54.3 Å². The van der Waals surface area contributed by atoms with Gasteiger partial charge in [0.2, 0.25) is 0 Å². The molecule has 2 unspecified atom stereocenters. The van der Waals surface area contributed by atoms with E-state index in [-0.39, 0.29) is 12.4 Å². The van der Waals surface area contributed by atoms with Crippen LogP contribution in [0.2, 0.25) is 10.0 Å². The Morgan fingerprint density at radius 3 is 2.48 bits per heavy atom. The molecular weight excluding hydrogens is 369 g/mol. The summed E-state index contributed by atoms with van der Waals surface area (Å²) in [5.41, 5.74) is 5.27. The van der Waals surface area contributed by atoms with Crippen LogP contribution in [0.25, 0.3) is 0 Å². The highest BCUT2D eigenvalue weighted by Crippen LogP contribution is 2.42. The fourth-order valence-electron chi connectivity index (χ4n) is 3.36. The lowest BCUT2D eigenvalue weighted by Gasteiger charge is -2.32. The molecule has 0 fully saturated rings. The molecule has 1 nitrogen and oxygen atoms in total. The van der Waals surface area contributed by atoms with Crippen LogP contribution in [0.15, 0.2) is 36.4 Å². The van der Waals surface area contributed by atoms with E-state index in [4.69, 9.17) is 23.2 Å². The van der Waals surface area contributed by atoms with Crippen LogP contribution in [0, 0.1) is 0 Å². The molecule has 3 rings (SSSR count). The molecule has 2 atom stereocenters. The Bertz CT molecular complexity index is 690. The van der Waals surface area contributed by atoms with E-state index in [1.54, 1.807) is 0 Å². The molecule has 124 valence electrons. The van der Waals surface area contributed by atoms with Gasteiger partial charge in [-0.1, -0.05) is 47.5 Å². The van der Waals surface area contributed by atoms with Crippen molar-refractivity contribution in [1.29, 1.82) is 0 Å². The van der Waals surface area contributed by atoms with Crippen molar-refractivity contribution in [3.8, 4) is 0 Å².